The number of allylic oxidation sites excluding steroid dienone is 2. The van der Waals surface area contributed by atoms with Gasteiger partial charge >= 0.3 is 394 Å². The van der Waals surface area contributed by atoms with E-state index >= 15 is 0 Å². The third-order valence-corrected chi connectivity index (χ3v) is 58.3. The summed E-state index contributed by atoms with van der Waals surface area (Å²) in [5, 5.41) is 5.08. The normalized spacial score (nSPS) is 20.8. The average Bonchev–Trinajstić information content (AvgIpc) is 4.05. The number of hydrogen-bond donors (Lipinski definition) is 0. The molecule has 0 aromatic heterocycles. The predicted molar refractivity (Wildman–Crippen MR) is 264 cm³/mol. The summed E-state index contributed by atoms with van der Waals surface area (Å²) in [7, 11) is 31.4. The summed E-state index contributed by atoms with van der Waals surface area (Å²) < 4.78 is 2.29. The summed E-state index contributed by atoms with van der Waals surface area (Å²) in [4.78, 5) is 0. The molecule has 0 N–H and O–H groups in total. The van der Waals surface area contributed by atoms with E-state index in [0.29, 0.717) is 10.8 Å². The van der Waals surface area contributed by atoms with Gasteiger partial charge in [-0.3, -0.25) is 0 Å². The molecular formula is C54H56Cl4SiZr2. The molecule has 0 heterocycles. The van der Waals surface area contributed by atoms with E-state index in [1.807, 2.05) is 0 Å². The molecule has 10 rings (SSSR count). The third-order valence-electron chi connectivity index (χ3n) is 15.2. The van der Waals surface area contributed by atoms with Gasteiger partial charge in [-0.05, 0) is 0 Å². The van der Waals surface area contributed by atoms with Gasteiger partial charge in [-0.1, -0.05) is 0 Å². The Bertz CT molecular complexity index is 2520. The molecule has 0 aliphatic heterocycles. The Labute approximate surface area is 389 Å². The fraction of sp³-hybridized carbons (Fsp3) is 0.333. The molecule has 4 aliphatic rings. The molecule has 2 atom stereocenters. The van der Waals surface area contributed by atoms with Crippen LogP contribution in [0.4, 0.5) is 0 Å². The number of benzene rings is 6. The molecule has 0 amide bonds. The summed E-state index contributed by atoms with van der Waals surface area (Å²) in [6.45, 7) is 5.01. The first-order valence-electron chi connectivity index (χ1n) is 22.8. The second kappa shape index (κ2) is 17.4. The Balaban J connectivity index is 0.953. The van der Waals surface area contributed by atoms with Crippen LogP contribution in [-0.4, -0.2) is 9.52 Å². The van der Waals surface area contributed by atoms with Crippen LogP contribution in [0.3, 0.4) is 0 Å². The summed E-state index contributed by atoms with van der Waals surface area (Å²) in [5.41, 5.74) is 14.1. The zero-order valence-corrected chi connectivity index (χ0v) is 44.9. The summed E-state index contributed by atoms with van der Waals surface area (Å²) in [6.07, 6.45) is 17.6. The molecule has 0 saturated heterocycles. The van der Waals surface area contributed by atoms with Crippen molar-refractivity contribution < 1.29 is 35.8 Å². The van der Waals surface area contributed by atoms with E-state index in [9.17, 15) is 0 Å². The zero-order valence-electron chi connectivity index (χ0n) is 35.6. The van der Waals surface area contributed by atoms with Crippen molar-refractivity contribution in [3.63, 3.8) is 0 Å². The standard InChI is InChI=1S/2C26H25.C2H6Si.4ClH.2Zr/c2*1-26(13-4-5-14-26)18-19-15-22-9-6-10-24(25(22)16-19)23-12-11-20-7-2-3-8-21(20)17-23;1-3-2;;;;;;/h2*2-3,6-12,15-17H,4-5,13-14,18H2,1H3;1-3H2;4*1H;;/q;;;;;;;2*+2/p-4. The molecule has 61 heavy (non-hydrogen) atoms. The van der Waals surface area contributed by atoms with Crippen LogP contribution in [0.25, 0.3) is 56.0 Å². The van der Waals surface area contributed by atoms with Gasteiger partial charge in [-0.25, -0.2) is 0 Å². The van der Waals surface area contributed by atoms with Crippen molar-refractivity contribution in [2.45, 2.75) is 92.8 Å². The van der Waals surface area contributed by atoms with Crippen LogP contribution in [0.1, 0.15) is 108 Å². The number of halogens is 4. The van der Waals surface area contributed by atoms with Gasteiger partial charge in [0.15, 0.2) is 0 Å². The predicted octanol–water partition coefficient (Wildman–Crippen LogP) is 17.7. The minimum absolute atomic E-state index is 0.155. The van der Waals surface area contributed by atoms with E-state index in [-0.39, 0.29) is 7.25 Å². The van der Waals surface area contributed by atoms with Gasteiger partial charge in [0.25, 0.3) is 0 Å². The molecule has 0 nitrogen and oxygen atoms in total. The molecule has 0 bridgehead atoms. The zero-order chi connectivity index (χ0) is 42.0. The molecule has 2 fully saturated rings. The molecule has 2 unspecified atom stereocenters. The molecule has 312 valence electrons. The summed E-state index contributed by atoms with van der Waals surface area (Å²) >= 11 is -7.69. The monoisotopic (exact) mass is 1050 g/mol. The fourth-order valence-electron chi connectivity index (χ4n) is 12.1. The van der Waals surface area contributed by atoms with Crippen molar-refractivity contribution >= 4 is 77.3 Å². The van der Waals surface area contributed by atoms with Crippen molar-refractivity contribution in [3.05, 3.63) is 155 Å². The fourth-order valence-corrected chi connectivity index (χ4v) is 56.7. The van der Waals surface area contributed by atoms with Gasteiger partial charge in [0.2, 0.25) is 0 Å². The Morgan fingerprint density at radius 2 is 0.885 bits per heavy atom. The Hall–Kier alpha value is -1.54. The van der Waals surface area contributed by atoms with E-state index < -0.39 is 45.3 Å². The number of hydrogen-bond acceptors (Lipinski definition) is 0. The van der Waals surface area contributed by atoms with Gasteiger partial charge in [-0.15, -0.1) is 0 Å². The van der Waals surface area contributed by atoms with Gasteiger partial charge in [-0.2, -0.15) is 0 Å². The van der Waals surface area contributed by atoms with E-state index in [1.54, 1.807) is 0 Å². The molecular weight excluding hydrogens is 1000 g/mol. The van der Waals surface area contributed by atoms with Crippen LogP contribution in [-0.2, 0) is 35.8 Å². The second-order valence-corrected chi connectivity index (χ2v) is 57.5. The molecule has 4 aliphatic carbocycles. The molecule has 0 radical (unpaired) electrons. The van der Waals surface area contributed by atoms with E-state index in [0.717, 1.165) is 20.3 Å². The van der Waals surface area contributed by atoms with Crippen LogP contribution >= 0.6 is 34.1 Å². The first-order valence-corrected chi connectivity index (χ1v) is 43.8. The quantitative estimate of drug-likeness (QED) is 0.107. The van der Waals surface area contributed by atoms with Gasteiger partial charge < -0.3 is 0 Å². The Morgan fingerprint density at radius 3 is 1.30 bits per heavy atom. The topological polar surface area (TPSA) is 0 Å². The maximum absolute atomic E-state index is 8.03. The Morgan fingerprint density at radius 1 is 0.492 bits per heavy atom. The van der Waals surface area contributed by atoms with Crippen LogP contribution in [0.5, 0.6) is 0 Å². The van der Waals surface area contributed by atoms with Crippen LogP contribution in [0.2, 0.25) is 7.50 Å². The Kier molecular flexibility index (Phi) is 12.3. The van der Waals surface area contributed by atoms with Gasteiger partial charge in [0.1, 0.15) is 0 Å². The molecule has 6 aromatic rings. The van der Waals surface area contributed by atoms with Crippen molar-refractivity contribution in [2.75, 3.05) is 0 Å². The SMILES string of the molecule is CC1(CC2=Cc3c(-c4ccc5ccccc5c4)cccc3[CH]2[Zr]([Cl])([Cl])[CH2][SiH2][CH2][Zr]([Cl])([Cl])[CH]2C(CC3(C)CCCC3)=Cc3c(-c4ccc5ccccc5c4)cccc32)CCCC1. The number of fused-ring (bicyclic) bond motifs is 4. The van der Waals surface area contributed by atoms with Gasteiger partial charge in [0, 0.05) is 0 Å². The van der Waals surface area contributed by atoms with Gasteiger partial charge in [0.05, 0.1) is 0 Å². The average molecular weight is 1060 g/mol. The molecule has 2 saturated carbocycles. The minimum atomic E-state index is -3.85. The van der Waals surface area contributed by atoms with Crippen LogP contribution in [0, 0.1) is 10.8 Å². The second-order valence-electron chi connectivity index (χ2n) is 19.8. The van der Waals surface area contributed by atoms with E-state index in [4.69, 9.17) is 34.1 Å². The molecule has 6 aromatic carbocycles. The van der Waals surface area contributed by atoms with Crippen molar-refractivity contribution in [3.8, 4) is 22.3 Å². The molecule has 7 heteroatoms. The number of rotatable bonds is 12. The first kappa shape index (κ1) is 43.4. The van der Waals surface area contributed by atoms with Crippen molar-refractivity contribution in [1.29, 1.82) is 0 Å². The summed E-state index contributed by atoms with van der Waals surface area (Å²) in [5.74, 6) is 0. The summed E-state index contributed by atoms with van der Waals surface area (Å²) in [6, 6.07) is 44.9. The van der Waals surface area contributed by atoms with E-state index in [2.05, 4.69) is 147 Å². The maximum atomic E-state index is 8.03. The van der Waals surface area contributed by atoms with Crippen molar-refractivity contribution in [1.82, 2.24) is 0 Å². The van der Waals surface area contributed by atoms with Crippen LogP contribution < -0.4 is 0 Å². The third kappa shape index (κ3) is 8.69. The first-order chi connectivity index (χ1) is 29.4. The van der Waals surface area contributed by atoms with Crippen molar-refractivity contribution in [2.24, 2.45) is 10.8 Å². The van der Waals surface area contributed by atoms with Crippen LogP contribution in [0.15, 0.2) is 132 Å². The molecule has 0 spiro atoms. The van der Waals surface area contributed by atoms with E-state index in [1.165, 1.54) is 129 Å².